The van der Waals surface area contributed by atoms with Gasteiger partial charge in [-0.05, 0) is 27.7 Å². The molecule has 0 aliphatic heterocycles. The SMILES string of the molecule is COC(C)CO.COC(C)CO.COC(C)CO.COC(C)CO.[Zr]. The molecule has 0 aliphatic carbocycles. The predicted molar refractivity (Wildman–Crippen MR) is 94.2 cm³/mol. The molecule has 0 spiro atoms. The van der Waals surface area contributed by atoms with Crippen molar-refractivity contribution in [1.82, 2.24) is 0 Å². The molecule has 4 atom stereocenters. The minimum Gasteiger partial charge on any atom is -0.394 e. The molecular formula is C16H40O8Zr. The van der Waals surface area contributed by atoms with E-state index in [9.17, 15) is 0 Å². The van der Waals surface area contributed by atoms with Gasteiger partial charge in [-0.25, -0.2) is 0 Å². The third-order valence-electron chi connectivity index (χ3n) is 2.64. The van der Waals surface area contributed by atoms with Crippen molar-refractivity contribution in [3.05, 3.63) is 0 Å². The van der Waals surface area contributed by atoms with Crippen LogP contribution in [0.3, 0.4) is 0 Å². The molecule has 4 N–H and O–H groups in total. The fourth-order valence-corrected chi connectivity index (χ4v) is 0.298. The molecule has 156 valence electrons. The van der Waals surface area contributed by atoms with E-state index in [0.29, 0.717) is 0 Å². The molecule has 9 heteroatoms. The topological polar surface area (TPSA) is 118 Å². The van der Waals surface area contributed by atoms with Crippen molar-refractivity contribution < 1.29 is 65.6 Å². The smallest absolute Gasteiger partial charge is 0.0773 e. The summed E-state index contributed by atoms with van der Waals surface area (Å²) < 4.78 is 18.6. The normalized spacial score (nSPS) is 13.9. The maximum absolute atomic E-state index is 8.21. The van der Waals surface area contributed by atoms with Crippen LogP contribution in [-0.4, -0.2) is 99.7 Å². The molecule has 4 unspecified atom stereocenters. The van der Waals surface area contributed by atoms with Crippen LogP contribution >= 0.6 is 0 Å². The number of hydrogen-bond donors (Lipinski definition) is 4. The number of methoxy groups -OCH3 is 4. The summed E-state index contributed by atoms with van der Waals surface area (Å²) in [5.41, 5.74) is 0. The van der Waals surface area contributed by atoms with Crippen LogP contribution < -0.4 is 0 Å². The molecular weight excluding hydrogens is 411 g/mol. The second-order valence-electron chi connectivity index (χ2n) is 4.92. The minimum absolute atomic E-state index is 0. The molecule has 0 aliphatic rings. The summed E-state index contributed by atoms with van der Waals surface area (Å²) in [4.78, 5) is 0. The average molecular weight is 452 g/mol. The van der Waals surface area contributed by atoms with E-state index in [2.05, 4.69) is 18.9 Å². The van der Waals surface area contributed by atoms with Gasteiger partial charge in [0.05, 0.1) is 50.8 Å². The van der Waals surface area contributed by atoms with Crippen molar-refractivity contribution >= 4 is 0 Å². The first-order chi connectivity index (χ1) is 11.2. The zero-order chi connectivity index (χ0) is 20.0. The molecule has 0 heterocycles. The van der Waals surface area contributed by atoms with Gasteiger partial charge < -0.3 is 39.4 Å². The zero-order valence-electron chi connectivity index (χ0n) is 17.1. The largest absolute Gasteiger partial charge is 0.394 e. The summed E-state index contributed by atoms with van der Waals surface area (Å²) in [6.45, 7) is 7.65. The maximum Gasteiger partial charge on any atom is 0.0773 e. The van der Waals surface area contributed by atoms with E-state index in [-0.39, 0.29) is 77.0 Å². The predicted octanol–water partition coefficient (Wildman–Crippen LogP) is 0.0519. The van der Waals surface area contributed by atoms with Gasteiger partial charge in [0, 0.05) is 54.6 Å². The van der Waals surface area contributed by atoms with Crippen LogP contribution in [0.4, 0.5) is 0 Å². The Bertz CT molecular complexity index is 145. The van der Waals surface area contributed by atoms with E-state index in [1.165, 1.54) is 0 Å². The molecule has 25 heavy (non-hydrogen) atoms. The van der Waals surface area contributed by atoms with Crippen molar-refractivity contribution in [3.63, 3.8) is 0 Å². The number of hydrogen-bond acceptors (Lipinski definition) is 8. The molecule has 0 saturated carbocycles. The first-order valence-electron chi connectivity index (χ1n) is 7.78. The van der Waals surface area contributed by atoms with Gasteiger partial charge in [-0.15, -0.1) is 0 Å². The fraction of sp³-hybridized carbons (Fsp3) is 1.00. The van der Waals surface area contributed by atoms with Gasteiger partial charge in [0.2, 0.25) is 0 Å². The van der Waals surface area contributed by atoms with E-state index in [1.807, 2.05) is 0 Å². The molecule has 0 amide bonds. The molecule has 0 saturated heterocycles. The van der Waals surface area contributed by atoms with E-state index in [1.54, 1.807) is 56.1 Å². The molecule has 0 rings (SSSR count). The summed E-state index contributed by atoms with van der Waals surface area (Å²) in [5.74, 6) is 0. The summed E-state index contributed by atoms with van der Waals surface area (Å²) in [6, 6.07) is 0. The van der Waals surface area contributed by atoms with Gasteiger partial charge in [0.1, 0.15) is 0 Å². The van der Waals surface area contributed by atoms with Crippen LogP contribution in [0.25, 0.3) is 0 Å². The Kier molecular flexibility index (Phi) is 47.1. The van der Waals surface area contributed by atoms with E-state index >= 15 is 0 Å². The summed E-state index contributed by atoms with van der Waals surface area (Å²) in [6.07, 6.45) is -0.0370. The standard InChI is InChI=1S/4C4H10O2.Zr/c4*1-4(3-5)6-2;/h4*4-5H,3H2,1-2H3;. The Morgan fingerprint density at radius 3 is 0.600 bits per heavy atom. The molecule has 0 bridgehead atoms. The van der Waals surface area contributed by atoms with Gasteiger partial charge in [0.25, 0.3) is 0 Å². The Labute approximate surface area is 172 Å². The monoisotopic (exact) mass is 450 g/mol. The molecule has 0 aromatic heterocycles. The first kappa shape index (κ1) is 36.5. The Morgan fingerprint density at radius 1 is 0.480 bits per heavy atom. The summed E-state index contributed by atoms with van der Waals surface area (Å²) in [5, 5.41) is 32.8. The van der Waals surface area contributed by atoms with Crippen LogP contribution in [0.2, 0.25) is 0 Å². The van der Waals surface area contributed by atoms with E-state index in [0.717, 1.165) is 0 Å². The quantitative estimate of drug-likeness (QED) is 0.409. The Hall–Kier alpha value is 0.563. The molecule has 0 aromatic carbocycles. The summed E-state index contributed by atoms with van der Waals surface area (Å²) in [7, 11) is 6.28. The van der Waals surface area contributed by atoms with Crippen molar-refractivity contribution in [2.24, 2.45) is 0 Å². The van der Waals surface area contributed by atoms with E-state index in [4.69, 9.17) is 20.4 Å². The number of ether oxygens (including phenoxy) is 4. The third kappa shape index (κ3) is 45.6. The maximum atomic E-state index is 8.21. The number of aliphatic hydroxyl groups is 4. The van der Waals surface area contributed by atoms with Gasteiger partial charge in [-0.3, -0.25) is 0 Å². The van der Waals surface area contributed by atoms with Crippen molar-refractivity contribution in [2.75, 3.05) is 54.9 Å². The van der Waals surface area contributed by atoms with Crippen molar-refractivity contribution in [3.8, 4) is 0 Å². The van der Waals surface area contributed by atoms with Crippen LogP contribution in [0.5, 0.6) is 0 Å². The number of aliphatic hydroxyl groups excluding tert-OH is 4. The first-order valence-corrected chi connectivity index (χ1v) is 7.78. The van der Waals surface area contributed by atoms with Crippen molar-refractivity contribution in [2.45, 2.75) is 52.1 Å². The molecule has 0 radical (unpaired) electrons. The molecule has 0 fully saturated rings. The van der Waals surface area contributed by atoms with Gasteiger partial charge in [0.15, 0.2) is 0 Å². The van der Waals surface area contributed by atoms with Crippen LogP contribution in [0.1, 0.15) is 27.7 Å². The second kappa shape index (κ2) is 32.3. The van der Waals surface area contributed by atoms with Crippen molar-refractivity contribution in [1.29, 1.82) is 0 Å². The number of rotatable bonds is 8. The average Bonchev–Trinajstić information content (AvgIpc) is 2.66. The fourth-order valence-electron chi connectivity index (χ4n) is 0.298. The van der Waals surface area contributed by atoms with E-state index < -0.39 is 0 Å². The Balaban J connectivity index is -0.0000000702. The third-order valence-corrected chi connectivity index (χ3v) is 2.64. The van der Waals surface area contributed by atoms with Crippen LogP contribution in [0.15, 0.2) is 0 Å². The minimum atomic E-state index is -0.00926. The molecule has 0 aromatic rings. The zero-order valence-corrected chi connectivity index (χ0v) is 19.5. The van der Waals surface area contributed by atoms with Gasteiger partial charge in [-0.1, -0.05) is 0 Å². The van der Waals surface area contributed by atoms with Gasteiger partial charge in [-0.2, -0.15) is 0 Å². The van der Waals surface area contributed by atoms with Crippen LogP contribution in [-0.2, 0) is 45.2 Å². The Morgan fingerprint density at radius 2 is 0.600 bits per heavy atom. The van der Waals surface area contributed by atoms with Crippen LogP contribution in [0, 0.1) is 0 Å². The second-order valence-corrected chi connectivity index (χ2v) is 4.92. The molecule has 8 nitrogen and oxygen atoms in total. The van der Waals surface area contributed by atoms with Gasteiger partial charge >= 0.3 is 0 Å². The summed E-state index contributed by atoms with van der Waals surface area (Å²) >= 11 is 0.